The van der Waals surface area contributed by atoms with Gasteiger partial charge in [-0.25, -0.2) is 4.98 Å². The summed E-state index contributed by atoms with van der Waals surface area (Å²) in [5.41, 5.74) is 2.62. The average Bonchev–Trinajstić information content (AvgIpc) is 2.18. The molecule has 0 saturated carbocycles. The van der Waals surface area contributed by atoms with Crippen LogP contribution in [0.2, 0.25) is 0 Å². The third-order valence-corrected chi connectivity index (χ3v) is 1.82. The molecule has 0 aromatic carbocycles. The number of aromatic nitrogens is 1. The highest BCUT2D eigenvalue weighted by Crippen LogP contribution is 2.07. The van der Waals surface area contributed by atoms with E-state index in [0.29, 0.717) is 0 Å². The maximum atomic E-state index is 8.11. The van der Waals surface area contributed by atoms with Crippen molar-refractivity contribution in [2.24, 2.45) is 5.16 Å². The van der Waals surface area contributed by atoms with Crippen LogP contribution in [0.3, 0.4) is 0 Å². The predicted molar refractivity (Wildman–Crippen MR) is 36.2 cm³/mol. The fourth-order valence-electron chi connectivity index (χ4n) is 0.487. The number of thiazole rings is 1. The summed E-state index contributed by atoms with van der Waals surface area (Å²) in [5.74, 6) is 0. The molecule has 0 saturated heterocycles. The van der Waals surface area contributed by atoms with Crippen molar-refractivity contribution in [2.45, 2.75) is 6.92 Å². The molecule has 0 aliphatic carbocycles. The molecule has 0 aliphatic heterocycles. The summed E-state index contributed by atoms with van der Waals surface area (Å²) in [5, 5.41) is 11.0. The molecular formula is C5H6N2OS. The zero-order valence-electron chi connectivity index (χ0n) is 4.90. The van der Waals surface area contributed by atoms with Crippen LogP contribution in [0.4, 0.5) is 0 Å². The van der Waals surface area contributed by atoms with Gasteiger partial charge in [-0.05, 0) is 6.92 Å². The van der Waals surface area contributed by atoms with Crippen molar-refractivity contribution in [3.8, 4) is 0 Å². The van der Waals surface area contributed by atoms with Crippen LogP contribution < -0.4 is 0 Å². The molecule has 4 heteroatoms. The van der Waals surface area contributed by atoms with Gasteiger partial charge in [-0.3, -0.25) is 0 Å². The van der Waals surface area contributed by atoms with Crippen molar-refractivity contribution in [3.63, 3.8) is 0 Å². The van der Waals surface area contributed by atoms with Crippen LogP contribution in [0.1, 0.15) is 10.6 Å². The number of rotatable bonds is 1. The van der Waals surface area contributed by atoms with Crippen LogP contribution in [-0.2, 0) is 0 Å². The third-order valence-electron chi connectivity index (χ3n) is 0.958. The highest BCUT2D eigenvalue weighted by atomic mass is 32.1. The quantitative estimate of drug-likeness (QED) is 0.364. The van der Waals surface area contributed by atoms with E-state index in [9.17, 15) is 0 Å². The Morgan fingerprint density at radius 2 is 2.67 bits per heavy atom. The molecule has 0 spiro atoms. The highest BCUT2D eigenvalue weighted by Gasteiger charge is 1.94. The minimum atomic E-state index is 0.900. The second kappa shape index (κ2) is 2.59. The minimum absolute atomic E-state index is 0.900. The van der Waals surface area contributed by atoms with E-state index in [0.717, 1.165) is 10.6 Å². The van der Waals surface area contributed by atoms with Crippen LogP contribution in [0, 0.1) is 6.92 Å². The number of nitrogens with zero attached hydrogens (tertiary/aromatic N) is 2. The number of hydrogen-bond donors (Lipinski definition) is 1. The van der Waals surface area contributed by atoms with Gasteiger partial charge in [-0.2, -0.15) is 0 Å². The zero-order valence-corrected chi connectivity index (χ0v) is 5.72. The third kappa shape index (κ3) is 1.26. The molecule has 3 nitrogen and oxygen atoms in total. The normalized spacial score (nSPS) is 10.8. The van der Waals surface area contributed by atoms with Crippen molar-refractivity contribution in [2.75, 3.05) is 0 Å². The molecule has 0 atom stereocenters. The summed E-state index contributed by atoms with van der Waals surface area (Å²) in [6.07, 6.45) is 1.38. The molecule has 0 aliphatic rings. The molecule has 0 unspecified atom stereocenters. The summed E-state index contributed by atoms with van der Waals surface area (Å²) in [6.45, 7) is 1.87. The number of aryl methyl sites for hydroxylation is 1. The number of hydrogen-bond acceptors (Lipinski definition) is 4. The summed E-state index contributed by atoms with van der Waals surface area (Å²) in [7, 11) is 0. The van der Waals surface area contributed by atoms with Crippen molar-refractivity contribution in [3.05, 3.63) is 16.1 Å². The predicted octanol–water partition coefficient (Wildman–Crippen LogP) is 1.26. The molecule has 0 fully saturated rings. The van der Waals surface area contributed by atoms with Crippen LogP contribution in [-0.4, -0.2) is 16.4 Å². The maximum absolute atomic E-state index is 8.11. The second-order valence-electron chi connectivity index (χ2n) is 1.55. The lowest BCUT2D eigenvalue weighted by Gasteiger charge is -1.81. The van der Waals surface area contributed by atoms with Gasteiger partial charge in [0.15, 0.2) is 0 Å². The molecule has 48 valence electrons. The Morgan fingerprint density at radius 3 is 3.11 bits per heavy atom. The molecule has 1 aromatic rings. The Kier molecular flexibility index (Phi) is 1.79. The van der Waals surface area contributed by atoms with Crippen LogP contribution >= 0.6 is 11.3 Å². The van der Waals surface area contributed by atoms with Gasteiger partial charge < -0.3 is 5.21 Å². The SMILES string of the molecule is Cc1ncsc1/C=N/O. The van der Waals surface area contributed by atoms with E-state index in [1.807, 2.05) is 6.92 Å². The lowest BCUT2D eigenvalue weighted by atomic mass is 10.4. The monoisotopic (exact) mass is 142 g/mol. The lowest BCUT2D eigenvalue weighted by Crippen LogP contribution is -1.78. The van der Waals surface area contributed by atoms with Crippen LogP contribution in [0.25, 0.3) is 0 Å². The number of oxime groups is 1. The van der Waals surface area contributed by atoms with Gasteiger partial charge >= 0.3 is 0 Å². The maximum Gasteiger partial charge on any atom is 0.0852 e. The molecule has 0 amide bonds. The van der Waals surface area contributed by atoms with Gasteiger partial charge in [0.2, 0.25) is 0 Å². The summed E-state index contributed by atoms with van der Waals surface area (Å²) in [6, 6.07) is 0. The molecule has 9 heavy (non-hydrogen) atoms. The Labute approximate surface area is 56.7 Å². The van der Waals surface area contributed by atoms with Crippen molar-refractivity contribution in [1.29, 1.82) is 0 Å². The van der Waals surface area contributed by atoms with Crippen LogP contribution in [0.5, 0.6) is 0 Å². The first-order valence-electron chi connectivity index (χ1n) is 2.42. The zero-order chi connectivity index (χ0) is 6.69. The van der Waals surface area contributed by atoms with Crippen LogP contribution in [0.15, 0.2) is 10.7 Å². The highest BCUT2D eigenvalue weighted by molar-refractivity contribution is 7.11. The molecule has 1 heterocycles. The Hall–Kier alpha value is -0.900. The van der Waals surface area contributed by atoms with Gasteiger partial charge in [0, 0.05) is 0 Å². The first-order chi connectivity index (χ1) is 4.34. The van der Waals surface area contributed by atoms with E-state index in [1.165, 1.54) is 17.6 Å². The van der Waals surface area contributed by atoms with E-state index in [2.05, 4.69) is 10.1 Å². The van der Waals surface area contributed by atoms with E-state index in [4.69, 9.17) is 5.21 Å². The lowest BCUT2D eigenvalue weighted by molar-refractivity contribution is 0.322. The van der Waals surface area contributed by atoms with Gasteiger partial charge in [0.05, 0.1) is 22.3 Å². The second-order valence-corrected chi connectivity index (χ2v) is 2.43. The van der Waals surface area contributed by atoms with E-state index >= 15 is 0 Å². The standard InChI is InChI=1S/C5H6N2OS/c1-4-5(2-7-8)9-3-6-4/h2-3,8H,1H3/b7-2+. The summed E-state index contributed by atoms with van der Waals surface area (Å²) < 4.78 is 0. The topological polar surface area (TPSA) is 45.5 Å². The first-order valence-corrected chi connectivity index (χ1v) is 3.30. The molecule has 1 rings (SSSR count). The van der Waals surface area contributed by atoms with E-state index < -0.39 is 0 Å². The van der Waals surface area contributed by atoms with Crippen molar-refractivity contribution in [1.82, 2.24) is 4.98 Å². The average molecular weight is 142 g/mol. The van der Waals surface area contributed by atoms with Gasteiger partial charge in [0.1, 0.15) is 0 Å². The van der Waals surface area contributed by atoms with E-state index in [1.54, 1.807) is 5.51 Å². The van der Waals surface area contributed by atoms with Crippen molar-refractivity contribution >= 4 is 17.6 Å². The fraction of sp³-hybridized carbons (Fsp3) is 0.200. The molecular weight excluding hydrogens is 136 g/mol. The van der Waals surface area contributed by atoms with Gasteiger partial charge in [-0.1, -0.05) is 5.16 Å². The summed E-state index contributed by atoms with van der Waals surface area (Å²) in [4.78, 5) is 4.85. The van der Waals surface area contributed by atoms with E-state index in [-0.39, 0.29) is 0 Å². The Morgan fingerprint density at radius 1 is 1.89 bits per heavy atom. The van der Waals surface area contributed by atoms with Crippen molar-refractivity contribution < 1.29 is 5.21 Å². The molecule has 0 bridgehead atoms. The fourth-order valence-corrected chi connectivity index (χ4v) is 1.14. The minimum Gasteiger partial charge on any atom is -0.411 e. The Balaban J connectivity index is 2.94. The molecule has 1 aromatic heterocycles. The first kappa shape index (κ1) is 6.22. The van der Waals surface area contributed by atoms with Gasteiger partial charge in [0.25, 0.3) is 0 Å². The Bertz CT molecular complexity index is 218. The largest absolute Gasteiger partial charge is 0.411 e. The molecule has 0 radical (unpaired) electrons. The smallest absolute Gasteiger partial charge is 0.0852 e. The van der Waals surface area contributed by atoms with Gasteiger partial charge in [-0.15, -0.1) is 11.3 Å². The summed E-state index contributed by atoms with van der Waals surface area (Å²) >= 11 is 1.45. The molecule has 1 N–H and O–H groups in total.